The Labute approximate surface area is 203 Å². The van der Waals surface area contributed by atoms with Crippen molar-refractivity contribution in [3.05, 3.63) is 106 Å². The average Bonchev–Trinajstić information content (AvgIpc) is 3.26. The fourth-order valence-corrected chi connectivity index (χ4v) is 5.00. The quantitative estimate of drug-likeness (QED) is 0.330. The van der Waals surface area contributed by atoms with E-state index in [2.05, 4.69) is 15.4 Å². The number of nitrogens with zero attached hydrogens (tertiary/aromatic N) is 3. The number of benzene rings is 3. The van der Waals surface area contributed by atoms with E-state index in [0.717, 1.165) is 22.4 Å². The third-order valence-corrected chi connectivity index (χ3v) is 6.74. The van der Waals surface area contributed by atoms with Crippen LogP contribution in [0.4, 0.5) is 14.7 Å². The average molecular weight is 495 g/mol. The van der Waals surface area contributed by atoms with Crippen LogP contribution in [0.2, 0.25) is 5.02 Å². The van der Waals surface area contributed by atoms with Crippen LogP contribution in [0.25, 0.3) is 5.70 Å². The summed E-state index contributed by atoms with van der Waals surface area (Å²) in [5.41, 5.74) is 3.35. The van der Waals surface area contributed by atoms with E-state index in [1.807, 2.05) is 6.26 Å². The third kappa shape index (κ3) is 3.36. The lowest BCUT2D eigenvalue weighted by molar-refractivity contribution is 0.218. The van der Waals surface area contributed by atoms with E-state index < -0.39 is 12.1 Å². The minimum Gasteiger partial charge on any atom is -0.480 e. The zero-order chi connectivity index (χ0) is 23.4. The lowest BCUT2D eigenvalue weighted by Gasteiger charge is -2.39. The fourth-order valence-electron chi connectivity index (χ4n) is 4.48. The minimum atomic E-state index is -0.762. The molecule has 4 aromatic rings. The topological polar surface area (TPSA) is 52.0 Å². The lowest BCUT2D eigenvalue weighted by atomic mass is 9.84. The third-order valence-electron chi connectivity index (χ3n) is 5.97. The Morgan fingerprint density at radius 3 is 2.62 bits per heavy atom. The molecule has 1 aromatic heterocycles. The van der Waals surface area contributed by atoms with Crippen molar-refractivity contribution in [3.63, 3.8) is 0 Å². The molecular formula is C25H17ClF2N4OS. The van der Waals surface area contributed by atoms with Crippen LogP contribution in [0.15, 0.2) is 77.5 Å². The highest BCUT2D eigenvalue weighted by Gasteiger charge is 2.42. The van der Waals surface area contributed by atoms with Gasteiger partial charge in [0, 0.05) is 21.7 Å². The number of thioether (sulfide) groups is 1. The molecule has 3 heterocycles. The molecule has 2 aliphatic heterocycles. The molecule has 0 radical (unpaired) electrons. The van der Waals surface area contributed by atoms with Crippen LogP contribution in [0.3, 0.4) is 0 Å². The van der Waals surface area contributed by atoms with E-state index in [-0.39, 0.29) is 11.6 Å². The van der Waals surface area contributed by atoms with E-state index in [1.165, 1.54) is 30.0 Å². The Hall–Kier alpha value is -3.36. The normalized spacial score (nSPS) is 18.5. The number of fused-ring (bicyclic) bond motifs is 3. The van der Waals surface area contributed by atoms with Gasteiger partial charge in [-0.25, -0.2) is 13.5 Å². The highest BCUT2D eigenvalue weighted by molar-refractivity contribution is 7.98. The number of halogens is 3. The molecule has 5 nitrogen and oxygen atoms in total. The Bertz CT molecular complexity index is 1450. The first-order valence-corrected chi connectivity index (χ1v) is 12.1. The van der Waals surface area contributed by atoms with Gasteiger partial charge in [0.2, 0.25) is 11.1 Å². The molecule has 3 aromatic carbocycles. The van der Waals surface area contributed by atoms with Gasteiger partial charge in [-0.1, -0.05) is 53.7 Å². The summed E-state index contributed by atoms with van der Waals surface area (Å²) in [7, 11) is 0. The molecule has 2 atom stereocenters. The zero-order valence-electron chi connectivity index (χ0n) is 17.8. The molecule has 1 N–H and O–H groups in total. The van der Waals surface area contributed by atoms with E-state index in [9.17, 15) is 4.39 Å². The van der Waals surface area contributed by atoms with Crippen LogP contribution in [-0.4, -0.2) is 21.0 Å². The van der Waals surface area contributed by atoms with Crippen molar-refractivity contribution < 1.29 is 13.5 Å². The molecule has 0 unspecified atom stereocenters. The van der Waals surface area contributed by atoms with Gasteiger partial charge in [0.1, 0.15) is 23.4 Å². The largest absolute Gasteiger partial charge is 0.480 e. The molecular weight excluding hydrogens is 478 g/mol. The summed E-state index contributed by atoms with van der Waals surface area (Å²) in [6.45, 7) is 0. The van der Waals surface area contributed by atoms with Gasteiger partial charge in [0.15, 0.2) is 6.10 Å². The first kappa shape index (κ1) is 21.2. The summed E-state index contributed by atoms with van der Waals surface area (Å²) < 4.78 is 37.1. The van der Waals surface area contributed by atoms with Crippen molar-refractivity contribution >= 4 is 35.0 Å². The number of aromatic nitrogens is 3. The highest BCUT2D eigenvalue weighted by atomic mass is 35.5. The van der Waals surface area contributed by atoms with E-state index in [1.54, 1.807) is 53.2 Å². The fraction of sp³-hybridized carbons (Fsp3) is 0.120. The Morgan fingerprint density at radius 1 is 1.06 bits per heavy atom. The Balaban J connectivity index is 1.66. The number of anilines is 1. The molecule has 0 fully saturated rings. The van der Waals surface area contributed by atoms with Crippen LogP contribution in [-0.2, 0) is 0 Å². The maximum Gasteiger partial charge on any atom is 0.227 e. The molecule has 0 amide bonds. The summed E-state index contributed by atoms with van der Waals surface area (Å²) in [5, 5.41) is 9.17. The SMILES string of the molecule is CSc1nc2n(n1)[C@@H](c1ccc(F)cc1)C1=C(N2)c2cc(Cl)ccc2O[C@@H]1c1ccccc1F. The standard InChI is InChI=1S/C25H17ClF2N4OS/c1-34-25-30-24-29-21-17-12-14(26)8-11-19(17)33-23(16-4-2-3-5-18(16)28)20(21)22(32(24)31-25)13-6-9-15(27)10-7-13/h2-12,22-23H,1H3,(H,29,30,31)/t22-,23+/m0/s1. The van der Waals surface area contributed by atoms with Crippen LogP contribution in [0, 0.1) is 11.6 Å². The van der Waals surface area contributed by atoms with Gasteiger partial charge in [-0.2, -0.15) is 4.98 Å². The van der Waals surface area contributed by atoms with Crippen LogP contribution in [0.5, 0.6) is 5.75 Å². The second-order valence-corrected chi connectivity index (χ2v) is 9.15. The van der Waals surface area contributed by atoms with Crippen molar-refractivity contribution in [2.45, 2.75) is 17.3 Å². The summed E-state index contributed by atoms with van der Waals surface area (Å²) in [6.07, 6.45) is 1.13. The van der Waals surface area contributed by atoms with Crippen LogP contribution >= 0.6 is 23.4 Å². The molecule has 0 saturated heterocycles. The van der Waals surface area contributed by atoms with Crippen molar-refractivity contribution in [1.29, 1.82) is 0 Å². The highest BCUT2D eigenvalue weighted by Crippen LogP contribution is 2.51. The zero-order valence-corrected chi connectivity index (χ0v) is 19.4. The monoisotopic (exact) mass is 494 g/mol. The van der Waals surface area contributed by atoms with E-state index in [4.69, 9.17) is 16.3 Å². The molecule has 0 saturated carbocycles. The Kier molecular flexibility index (Phi) is 5.08. The van der Waals surface area contributed by atoms with Crippen molar-refractivity contribution in [3.8, 4) is 5.75 Å². The number of ether oxygens (including phenoxy) is 1. The molecule has 2 aliphatic rings. The number of hydrogen-bond acceptors (Lipinski definition) is 5. The second-order valence-electron chi connectivity index (χ2n) is 7.94. The summed E-state index contributed by atoms with van der Waals surface area (Å²) in [5.74, 6) is 0.360. The minimum absolute atomic E-state index is 0.349. The van der Waals surface area contributed by atoms with Gasteiger partial charge in [0.25, 0.3) is 0 Å². The maximum atomic E-state index is 15.1. The summed E-state index contributed by atoms with van der Waals surface area (Å²) in [6, 6.07) is 17.5. The smallest absolute Gasteiger partial charge is 0.227 e. The van der Waals surface area contributed by atoms with Gasteiger partial charge >= 0.3 is 0 Å². The lowest BCUT2D eigenvalue weighted by Crippen LogP contribution is -2.32. The Morgan fingerprint density at radius 2 is 1.85 bits per heavy atom. The van der Waals surface area contributed by atoms with Crippen molar-refractivity contribution in [2.24, 2.45) is 0 Å². The number of nitrogens with one attached hydrogen (secondary N) is 1. The summed E-state index contributed by atoms with van der Waals surface area (Å²) >= 11 is 7.75. The molecule has 0 bridgehead atoms. The molecule has 9 heteroatoms. The van der Waals surface area contributed by atoms with E-state index in [0.29, 0.717) is 27.4 Å². The predicted molar refractivity (Wildman–Crippen MR) is 128 cm³/mol. The van der Waals surface area contributed by atoms with Gasteiger partial charge in [-0.15, -0.1) is 5.10 Å². The molecule has 170 valence electrons. The van der Waals surface area contributed by atoms with Gasteiger partial charge in [-0.3, -0.25) is 0 Å². The van der Waals surface area contributed by atoms with Gasteiger partial charge < -0.3 is 10.1 Å². The van der Waals surface area contributed by atoms with Crippen molar-refractivity contribution in [2.75, 3.05) is 11.6 Å². The number of hydrogen-bond donors (Lipinski definition) is 1. The van der Waals surface area contributed by atoms with Gasteiger partial charge in [-0.05, 0) is 48.2 Å². The van der Waals surface area contributed by atoms with Crippen LogP contribution in [0.1, 0.15) is 28.8 Å². The predicted octanol–water partition coefficient (Wildman–Crippen LogP) is 6.49. The van der Waals surface area contributed by atoms with Crippen LogP contribution < -0.4 is 10.1 Å². The molecule has 34 heavy (non-hydrogen) atoms. The first-order chi connectivity index (χ1) is 16.5. The second kappa shape index (κ2) is 8.14. The van der Waals surface area contributed by atoms with Crippen molar-refractivity contribution in [1.82, 2.24) is 14.8 Å². The van der Waals surface area contributed by atoms with E-state index >= 15 is 4.39 Å². The maximum absolute atomic E-state index is 15.1. The molecule has 0 aliphatic carbocycles. The summed E-state index contributed by atoms with van der Waals surface area (Å²) in [4.78, 5) is 4.61. The van der Waals surface area contributed by atoms with Gasteiger partial charge in [0.05, 0.1) is 5.70 Å². The molecule has 0 spiro atoms. The first-order valence-electron chi connectivity index (χ1n) is 10.5. The number of rotatable bonds is 3. The molecule has 6 rings (SSSR count).